The number of hydrogen-bond donors (Lipinski definition) is 0. The fourth-order valence-corrected chi connectivity index (χ4v) is 4.54. The van der Waals surface area contributed by atoms with Crippen LogP contribution in [0.5, 0.6) is 0 Å². The van der Waals surface area contributed by atoms with Crippen molar-refractivity contribution in [2.45, 2.75) is 45.3 Å². The predicted octanol–water partition coefficient (Wildman–Crippen LogP) is 6.36. The van der Waals surface area contributed by atoms with Gasteiger partial charge in [-0.15, -0.1) is 0 Å². The molecule has 7 nitrogen and oxygen atoms in total. The highest BCUT2D eigenvalue weighted by Crippen LogP contribution is 2.43. The lowest BCUT2D eigenvalue weighted by molar-refractivity contribution is -0.602. The Morgan fingerprint density at radius 2 is 1.50 bits per heavy atom. The molecule has 0 radical (unpaired) electrons. The van der Waals surface area contributed by atoms with Crippen LogP contribution in [0.2, 0.25) is 0 Å². The first kappa shape index (κ1) is 24.9. The number of nitrogens with zero attached hydrogens (tertiary/aromatic N) is 2. The van der Waals surface area contributed by atoms with E-state index in [1.165, 1.54) is 31.2 Å². The summed E-state index contributed by atoms with van der Waals surface area (Å²) in [7, 11) is 0. The van der Waals surface area contributed by atoms with Crippen molar-refractivity contribution in [1.29, 1.82) is 0 Å². The van der Waals surface area contributed by atoms with Crippen LogP contribution in [0, 0.1) is 15.3 Å². The normalized spacial score (nSPS) is 17.1. The number of benzene rings is 3. The molecule has 0 fully saturated rings. The average Bonchev–Trinajstić information content (AvgIpc) is 3.15. The van der Waals surface area contributed by atoms with Gasteiger partial charge in [0.15, 0.2) is 0 Å². The second-order valence-electron chi connectivity index (χ2n) is 8.85. The third-order valence-electron chi connectivity index (χ3n) is 6.24. The molecule has 1 aliphatic heterocycles. The number of Topliss-reactive ketones (excluding diaryl/α,β-unsaturated/α-hetero) is 1. The molecule has 36 heavy (non-hydrogen) atoms. The fourth-order valence-electron chi connectivity index (χ4n) is 4.54. The van der Waals surface area contributed by atoms with Crippen LogP contribution in [0.25, 0.3) is 5.57 Å². The van der Waals surface area contributed by atoms with Gasteiger partial charge in [-0.2, -0.15) is 4.74 Å². The van der Waals surface area contributed by atoms with Gasteiger partial charge < -0.3 is 9.94 Å². The van der Waals surface area contributed by atoms with E-state index >= 15 is 0 Å². The molecular weight excluding hydrogens is 456 g/mol. The molecule has 0 bridgehead atoms. The number of allylic oxidation sites excluding steroid dienone is 1. The van der Waals surface area contributed by atoms with Crippen molar-refractivity contribution in [1.82, 2.24) is 0 Å². The Hall–Kier alpha value is -4.26. The van der Waals surface area contributed by atoms with Crippen molar-refractivity contribution < 1.29 is 19.2 Å². The Bertz CT molecular complexity index is 1270. The number of unbranched alkanes of at least 4 members (excludes halogenated alkanes) is 1. The molecule has 1 heterocycles. The first-order chi connectivity index (χ1) is 17.4. The number of rotatable bonds is 9. The number of ketones is 1. The van der Waals surface area contributed by atoms with Crippen LogP contribution in [-0.4, -0.2) is 21.2 Å². The Morgan fingerprint density at radius 1 is 0.944 bits per heavy atom. The van der Waals surface area contributed by atoms with E-state index in [0.717, 1.165) is 34.3 Å². The van der Waals surface area contributed by atoms with Crippen molar-refractivity contribution in [3.05, 3.63) is 123 Å². The van der Waals surface area contributed by atoms with Gasteiger partial charge in [0.1, 0.15) is 12.2 Å². The predicted molar refractivity (Wildman–Crippen MR) is 138 cm³/mol. The number of hydrogen-bond acceptors (Lipinski definition) is 5. The summed E-state index contributed by atoms with van der Waals surface area (Å²) in [6, 6.07) is 25.0. The lowest BCUT2D eigenvalue weighted by Gasteiger charge is -2.26. The first-order valence-corrected chi connectivity index (χ1v) is 12.0. The van der Waals surface area contributed by atoms with Crippen LogP contribution in [0.1, 0.15) is 56.2 Å². The highest BCUT2D eigenvalue weighted by atomic mass is 16.6. The average molecular weight is 485 g/mol. The van der Waals surface area contributed by atoms with Gasteiger partial charge in [-0.1, -0.05) is 74.0 Å². The molecule has 0 aromatic heterocycles. The molecule has 0 saturated carbocycles. The van der Waals surface area contributed by atoms with Gasteiger partial charge in [0.2, 0.25) is 11.5 Å². The standard InChI is InChI=1S/C29H28N2O5/c1-3-4-15-26-28(27(22-11-7-5-8-12-22)23-13-9-6-10-14-23)36-29(30(26)33,20-21(2)32)24-16-18-25(19-17-24)31(34)35/h5-14,16-19H,3-4,15,20H2,1-2H3/t29-/m0/s1. The second-order valence-corrected chi connectivity index (χ2v) is 8.85. The highest BCUT2D eigenvalue weighted by molar-refractivity contribution is 6.05. The summed E-state index contributed by atoms with van der Waals surface area (Å²) < 4.78 is 7.42. The second kappa shape index (κ2) is 10.6. The SMILES string of the molecule is CCCCC1=[N+]([O-])[C@](CC(C)=O)(c2ccc([N+](=O)[O-])cc2)OC1=C(c1ccccc1)c1ccccc1. The van der Waals surface area contributed by atoms with E-state index in [9.17, 15) is 20.1 Å². The highest BCUT2D eigenvalue weighted by Gasteiger charge is 2.54. The van der Waals surface area contributed by atoms with Crippen LogP contribution in [0.4, 0.5) is 5.69 Å². The fraction of sp³-hybridized carbons (Fsp3) is 0.241. The van der Waals surface area contributed by atoms with E-state index < -0.39 is 10.6 Å². The minimum atomic E-state index is -1.66. The maximum absolute atomic E-state index is 14.1. The number of hydroxylamine groups is 1. The molecule has 184 valence electrons. The van der Waals surface area contributed by atoms with Crippen molar-refractivity contribution in [2.75, 3.05) is 0 Å². The minimum Gasteiger partial charge on any atom is -0.620 e. The summed E-state index contributed by atoms with van der Waals surface area (Å²) in [4.78, 5) is 23.2. The number of carbonyl (C=O) groups is 1. The van der Waals surface area contributed by atoms with Crippen molar-refractivity contribution in [3.63, 3.8) is 0 Å². The van der Waals surface area contributed by atoms with Crippen LogP contribution in [0.15, 0.2) is 90.7 Å². The molecule has 0 N–H and O–H groups in total. The molecule has 3 aromatic rings. The van der Waals surface area contributed by atoms with E-state index in [1.807, 2.05) is 67.6 Å². The van der Waals surface area contributed by atoms with Gasteiger partial charge in [-0.25, -0.2) is 0 Å². The zero-order valence-electron chi connectivity index (χ0n) is 20.3. The number of carbonyl (C=O) groups excluding carboxylic acids is 1. The number of nitro groups is 1. The summed E-state index contributed by atoms with van der Waals surface area (Å²) in [6.45, 7) is 3.45. The Balaban J connectivity index is 2.00. The van der Waals surface area contributed by atoms with E-state index in [2.05, 4.69) is 0 Å². The van der Waals surface area contributed by atoms with Gasteiger partial charge in [0.05, 0.1) is 10.5 Å². The lowest BCUT2D eigenvalue weighted by atomic mass is 9.94. The smallest absolute Gasteiger partial charge is 0.351 e. The van der Waals surface area contributed by atoms with Gasteiger partial charge in [0.25, 0.3) is 5.69 Å². The summed E-state index contributed by atoms with van der Waals surface area (Å²) in [6.07, 6.45) is 1.89. The van der Waals surface area contributed by atoms with E-state index in [-0.39, 0.29) is 17.9 Å². The Kier molecular flexibility index (Phi) is 7.29. The molecule has 1 atom stereocenters. The summed E-state index contributed by atoms with van der Waals surface area (Å²) in [5, 5.41) is 25.3. The third-order valence-corrected chi connectivity index (χ3v) is 6.24. The van der Waals surface area contributed by atoms with Crippen LogP contribution >= 0.6 is 0 Å². The van der Waals surface area contributed by atoms with Gasteiger partial charge in [-0.3, -0.25) is 14.9 Å². The van der Waals surface area contributed by atoms with Crippen molar-refractivity contribution in [2.24, 2.45) is 0 Å². The maximum Gasteiger partial charge on any atom is 0.351 e. The monoisotopic (exact) mass is 484 g/mol. The van der Waals surface area contributed by atoms with Gasteiger partial charge in [-0.05, 0) is 36.6 Å². The first-order valence-electron chi connectivity index (χ1n) is 12.0. The van der Waals surface area contributed by atoms with Crippen molar-refractivity contribution >= 4 is 22.8 Å². The maximum atomic E-state index is 14.1. The van der Waals surface area contributed by atoms with Gasteiger partial charge in [0, 0.05) is 24.1 Å². The lowest BCUT2D eigenvalue weighted by Crippen LogP contribution is -2.37. The summed E-state index contributed by atoms with van der Waals surface area (Å²) >= 11 is 0. The molecule has 0 amide bonds. The molecule has 0 saturated heterocycles. The Labute approximate surface area is 210 Å². The Morgan fingerprint density at radius 3 is 1.97 bits per heavy atom. The van der Waals surface area contributed by atoms with Crippen LogP contribution < -0.4 is 0 Å². The number of non-ortho nitro benzene ring substituents is 1. The molecule has 7 heteroatoms. The van der Waals surface area contributed by atoms with E-state index in [1.54, 1.807) is 0 Å². The van der Waals surface area contributed by atoms with Crippen molar-refractivity contribution in [3.8, 4) is 0 Å². The zero-order chi connectivity index (χ0) is 25.7. The van der Waals surface area contributed by atoms with Crippen LogP contribution in [-0.2, 0) is 15.3 Å². The molecule has 4 rings (SSSR count). The topological polar surface area (TPSA) is 95.5 Å². The summed E-state index contributed by atoms with van der Waals surface area (Å²) in [5.41, 5.74) is 1.60. The number of nitro benzene ring substituents is 1. The van der Waals surface area contributed by atoms with Gasteiger partial charge >= 0.3 is 5.72 Å². The molecule has 1 aliphatic rings. The summed E-state index contributed by atoms with van der Waals surface area (Å²) in [5.74, 6) is 0.196. The minimum absolute atomic E-state index is 0.104. The molecule has 0 aliphatic carbocycles. The van der Waals surface area contributed by atoms with Crippen LogP contribution in [0.3, 0.4) is 0 Å². The molecule has 3 aromatic carbocycles. The number of ether oxygens (including phenoxy) is 1. The van der Waals surface area contributed by atoms with E-state index in [4.69, 9.17) is 4.74 Å². The third kappa shape index (κ3) is 4.77. The molecular formula is C29H28N2O5. The van der Waals surface area contributed by atoms with E-state index in [0.29, 0.717) is 23.5 Å². The zero-order valence-corrected chi connectivity index (χ0v) is 20.3. The largest absolute Gasteiger partial charge is 0.620 e. The molecule has 0 unspecified atom stereocenters. The quantitative estimate of drug-likeness (QED) is 0.152. The molecule has 0 spiro atoms.